The van der Waals surface area contributed by atoms with Crippen molar-refractivity contribution in [1.29, 1.82) is 0 Å². The van der Waals surface area contributed by atoms with Gasteiger partial charge < -0.3 is 9.68 Å². The van der Waals surface area contributed by atoms with Gasteiger partial charge in [0.05, 0.1) is 10.5 Å². The number of hydrogen-bond donors (Lipinski definition) is 1. The van der Waals surface area contributed by atoms with Crippen LogP contribution in [0.5, 0.6) is 0 Å². The largest absolute Gasteiger partial charge is 0.509 e. The molecule has 0 fully saturated rings. The molecule has 7 heteroatoms. The van der Waals surface area contributed by atoms with Gasteiger partial charge in [0.25, 0.3) is 5.69 Å². The van der Waals surface area contributed by atoms with Crippen LogP contribution < -0.4 is 0 Å². The predicted octanol–water partition coefficient (Wildman–Crippen LogP) is 0.0104. The molecule has 0 aromatic heterocycles. The standard InChI is InChI=1S/C7H6BNO5/c10-7(14-8-11)5-2-1-3-6(4-5)9(12)13/h1-4,8,11H. The Bertz CT molecular complexity index is 367. The molecule has 0 spiro atoms. The van der Waals surface area contributed by atoms with E-state index in [9.17, 15) is 14.9 Å². The molecular weight excluding hydrogens is 189 g/mol. The fourth-order valence-corrected chi connectivity index (χ4v) is 0.888. The first kappa shape index (κ1) is 10.2. The lowest BCUT2D eigenvalue weighted by Crippen LogP contribution is -2.08. The first-order valence-corrected chi connectivity index (χ1v) is 3.67. The third kappa shape index (κ3) is 2.30. The first-order chi connectivity index (χ1) is 6.65. The van der Waals surface area contributed by atoms with Crippen molar-refractivity contribution in [3.8, 4) is 0 Å². The highest BCUT2D eigenvalue weighted by atomic mass is 16.6. The number of nitro benzene ring substituents is 1. The SMILES string of the molecule is O=C(OBO)c1cccc([N+](=O)[O-])c1. The average molecular weight is 195 g/mol. The third-order valence-corrected chi connectivity index (χ3v) is 1.49. The van der Waals surface area contributed by atoms with Crippen LogP contribution >= 0.6 is 0 Å². The summed E-state index contributed by atoms with van der Waals surface area (Å²) in [4.78, 5) is 20.7. The van der Waals surface area contributed by atoms with E-state index in [1.807, 2.05) is 0 Å². The third-order valence-electron chi connectivity index (χ3n) is 1.49. The molecule has 0 aliphatic carbocycles. The van der Waals surface area contributed by atoms with Gasteiger partial charge in [0, 0.05) is 12.1 Å². The molecule has 0 radical (unpaired) electrons. The summed E-state index contributed by atoms with van der Waals surface area (Å²) >= 11 is 0. The minimum Gasteiger partial charge on any atom is -0.509 e. The van der Waals surface area contributed by atoms with E-state index in [2.05, 4.69) is 4.65 Å². The van der Waals surface area contributed by atoms with Crippen LogP contribution in [0.25, 0.3) is 0 Å². The molecule has 0 unspecified atom stereocenters. The van der Waals surface area contributed by atoms with Gasteiger partial charge in [0.15, 0.2) is 0 Å². The van der Waals surface area contributed by atoms with Crippen LogP contribution in [0, 0.1) is 10.1 Å². The highest BCUT2D eigenvalue weighted by molar-refractivity contribution is 6.22. The number of hydrogen-bond acceptors (Lipinski definition) is 5. The molecular formula is C7H6BNO5. The van der Waals surface area contributed by atoms with Crippen LogP contribution in [0.2, 0.25) is 0 Å². The maximum atomic E-state index is 11.0. The second-order valence-corrected chi connectivity index (χ2v) is 2.37. The number of benzene rings is 1. The molecule has 0 bridgehead atoms. The van der Waals surface area contributed by atoms with E-state index in [4.69, 9.17) is 5.02 Å². The van der Waals surface area contributed by atoms with Crippen molar-refractivity contribution in [1.82, 2.24) is 0 Å². The molecule has 0 saturated carbocycles. The zero-order chi connectivity index (χ0) is 10.6. The van der Waals surface area contributed by atoms with Crippen LogP contribution in [0.3, 0.4) is 0 Å². The van der Waals surface area contributed by atoms with E-state index in [1.165, 1.54) is 18.2 Å². The van der Waals surface area contributed by atoms with Gasteiger partial charge in [-0.05, 0) is 6.07 Å². The van der Waals surface area contributed by atoms with E-state index in [1.54, 1.807) is 0 Å². The van der Waals surface area contributed by atoms with Gasteiger partial charge in [-0.3, -0.25) is 10.1 Å². The zero-order valence-electron chi connectivity index (χ0n) is 7.04. The number of nitro groups is 1. The molecule has 1 aromatic carbocycles. The Morgan fingerprint density at radius 1 is 1.57 bits per heavy atom. The molecule has 1 aromatic rings. The number of carbonyl (C=O) groups is 1. The summed E-state index contributed by atoms with van der Waals surface area (Å²) in [5.41, 5.74) is -0.161. The van der Waals surface area contributed by atoms with Crippen LogP contribution in [-0.2, 0) is 4.65 Å². The number of non-ortho nitro benzene ring substituents is 1. The molecule has 1 N–H and O–H groups in total. The fourth-order valence-electron chi connectivity index (χ4n) is 0.888. The lowest BCUT2D eigenvalue weighted by Gasteiger charge is -1.99. The van der Waals surface area contributed by atoms with E-state index in [-0.39, 0.29) is 11.3 Å². The van der Waals surface area contributed by atoms with Gasteiger partial charge in [-0.1, -0.05) is 6.07 Å². The topological polar surface area (TPSA) is 89.7 Å². The average Bonchev–Trinajstić information content (AvgIpc) is 2.18. The normalized spacial score (nSPS) is 9.21. The van der Waals surface area contributed by atoms with Crippen molar-refractivity contribution in [2.24, 2.45) is 0 Å². The fraction of sp³-hybridized carbons (Fsp3) is 0. The summed E-state index contributed by atoms with van der Waals surface area (Å²) in [5, 5.41) is 18.6. The van der Waals surface area contributed by atoms with Crippen molar-refractivity contribution in [3.63, 3.8) is 0 Å². The van der Waals surface area contributed by atoms with Gasteiger partial charge in [0.2, 0.25) is 0 Å². The van der Waals surface area contributed by atoms with Crippen LogP contribution in [0.15, 0.2) is 24.3 Å². The second-order valence-electron chi connectivity index (χ2n) is 2.37. The number of nitrogens with zero attached hydrogens (tertiary/aromatic N) is 1. The van der Waals surface area contributed by atoms with Gasteiger partial charge in [-0.2, -0.15) is 0 Å². The Kier molecular flexibility index (Phi) is 3.19. The lowest BCUT2D eigenvalue weighted by atomic mass is 10.2. The summed E-state index contributed by atoms with van der Waals surface area (Å²) in [5.74, 6) is -0.795. The van der Waals surface area contributed by atoms with E-state index < -0.39 is 18.6 Å². The van der Waals surface area contributed by atoms with E-state index in [0.29, 0.717) is 0 Å². The summed E-state index contributed by atoms with van der Waals surface area (Å²) in [6.07, 6.45) is 0. The van der Waals surface area contributed by atoms with Crippen LogP contribution in [-0.4, -0.2) is 23.6 Å². The van der Waals surface area contributed by atoms with Gasteiger partial charge in [-0.15, -0.1) is 0 Å². The molecule has 0 aliphatic rings. The second kappa shape index (κ2) is 4.38. The molecule has 0 aliphatic heterocycles. The molecule has 1 rings (SSSR count). The maximum Gasteiger partial charge on any atom is 0.506 e. The highest BCUT2D eigenvalue weighted by Crippen LogP contribution is 2.13. The van der Waals surface area contributed by atoms with Crippen molar-refractivity contribution in [3.05, 3.63) is 39.9 Å². The van der Waals surface area contributed by atoms with Gasteiger partial charge in [0.1, 0.15) is 0 Å². The monoisotopic (exact) mass is 195 g/mol. The lowest BCUT2D eigenvalue weighted by molar-refractivity contribution is -0.384. The first-order valence-electron chi connectivity index (χ1n) is 3.67. The Labute approximate surface area is 79.6 Å². The van der Waals surface area contributed by atoms with Gasteiger partial charge >= 0.3 is 13.7 Å². The Hall–Kier alpha value is -1.89. The Balaban J connectivity index is 2.93. The summed E-state index contributed by atoms with van der Waals surface area (Å²) in [6, 6.07) is 5.07. The van der Waals surface area contributed by atoms with Crippen molar-refractivity contribution >= 4 is 19.3 Å². The van der Waals surface area contributed by atoms with E-state index >= 15 is 0 Å². The van der Waals surface area contributed by atoms with Crippen molar-refractivity contribution < 1.29 is 19.4 Å². The Morgan fingerprint density at radius 2 is 2.29 bits per heavy atom. The summed E-state index contributed by atoms with van der Waals surface area (Å²) in [6.45, 7) is 0. The molecule has 0 saturated heterocycles. The summed E-state index contributed by atoms with van der Waals surface area (Å²) in [7, 11) is -0.748. The number of rotatable bonds is 3. The quantitative estimate of drug-likeness (QED) is 0.416. The minimum atomic E-state index is -0.795. The van der Waals surface area contributed by atoms with Crippen LogP contribution in [0.4, 0.5) is 5.69 Å². The van der Waals surface area contributed by atoms with Gasteiger partial charge in [-0.25, -0.2) is 4.79 Å². The molecule has 72 valence electrons. The van der Waals surface area contributed by atoms with Crippen LogP contribution in [0.1, 0.15) is 10.4 Å². The molecule has 0 amide bonds. The maximum absolute atomic E-state index is 11.0. The smallest absolute Gasteiger partial charge is 0.506 e. The molecule has 6 nitrogen and oxygen atoms in total. The summed E-state index contributed by atoms with van der Waals surface area (Å²) < 4.78 is 4.26. The van der Waals surface area contributed by atoms with Crippen molar-refractivity contribution in [2.75, 3.05) is 0 Å². The molecule has 0 atom stereocenters. The molecule has 14 heavy (non-hydrogen) atoms. The minimum absolute atomic E-state index is 0.0354. The highest BCUT2D eigenvalue weighted by Gasteiger charge is 2.11. The molecule has 0 heterocycles. The Morgan fingerprint density at radius 3 is 2.86 bits per heavy atom. The zero-order valence-corrected chi connectivity index (χ0v) is 7.04. The van der Waals surface area contributed by atoms with E-state index in [0.717, 1.165) is 6.07 Å². The predicted molar refractivity (Wildman–Crippen MR) is 47.9 cm³/mol. The van der Waals surface area contributed by atoms with Crippen molar-refractivity contribution in [2.45, 2.75) is 0 Å². The number of carbonyl (C=O) groups excluding carboxylic acids is 1.